The molecule has 1 unspecified atom stereocenters. The van der Waals surface area contributed by atoms with Crippen LogP contribution in [0.25, 0.3) is 11.3 Å². The molecule has 4 atom stereocenters. The van der Waals surface area contributed by atoms with Crippen molar-refractivity contribution in [3.63, 3.8) is 0 Å². The highest BCUT2D eigenvalue weighted by Crippen LogP contribution is 2.37. The molecule has 7 heterocycles. The summed E-state index contributed by atoms with van der Waals surface area (Å²) in [5.41, 5.74) is 4.34. The number of anilines is 3. The fraction of sp³-hybridized carbons (Fsp3) is 0.500. The number of alkyl halides is 1. The van der Waals surface area contributed by atoms with Crippen LogP contribution in [0.4, 0.5) is 21.6 Å². The summed E-state index contributed by atoms with van der Waals surface area (Å²) < 4.78 is 15.8. The highest BCUT2D eigenvalue weighted by atomic mass is 19.1. The van der Waals surface area contributed by atoms with E-state index in [-0.39, 0.29) is 54.3 Å². The molecule has 14 nitrogen and oxygen atoms in total. The average Bonchev–Trinajstić information content (AvgIpc) is 3.53. The molecule has 0 spiro atoms. The van der Waals surface area contributed by atoms with Crippen molar-refractivity contribution in [2.75, 3.05) is 74.0 Å². The van der Waals surface area contributed by atoms with Crippen molar-refractivity contribution in [1.82, 2.24) is 30.2 Å². The van der Waals surface area contributed by atoms with Gasteiger partial charge in [-0.1, -0.05) is 18.2 Å². The number of aromatic hydroxyl groups is 1. The van der Waals surface area contributed by atoms with Crippen molar-refractivity contribution in [3.8, 4) is 17.0 Å². The number of fused-ring (bicyclic) bond motifs is 4. The fourth-order valence-corrected chi connectivity index (χ4v) is 9.40. The number of phenolic OH excluding ortho intramolecular Hbond substituents is 1. The third-order valence-electron chi connectivity index (χ3n) is 12.5. The molecule has 4 fully saturated rings. The van der Waals surface area contributed by atoms with Crippen LogP contribution in [-0.4, -0.2) is 131 Å². The van der Waals surface area contributed by atoms with Gasteiger partial charge in [-0.15, -0.1) is 10.2 Å². The van der Waals surface area contributed by atoms with Gasteiger partial charge >= 0.3 is 0 Å². The zero-order chi connectivity index (χ0) is 37.8. The molecule has 0 saturated carbocycles. The standard InChI is InChI=1S/C40H46FN9O5/c41-31-23-47(27-6-5-25-21-50(40(55)30(25)17-27)33-7-8-36(52)43-38(33)53)14-11-26(31)20-46-12-9-24(10-13-46)39(54)48-15-16-49-28(22-48)19-42-37-34(49)18-32(44-45-37)29-3-1-2-4-35(29)51/h1-6,17-18,24,26,28,31,33,51H,7-16,19-23H2,(H,42,45)(H,43,52,53)/t26-,28+,31+,33?/m1/s1. The van der Waals surface area contributed by atoms with Crippen LogP contribution in [0.15, 0.2) is 48.5 Å². The van der Waals surface area contributed by atoms with E-state index in [0.29, 0.717) is 81.3 Å². The predicted octanol–water partition coefficient (Wildman–Crippen LogP) is 2.63. The molecule has 3 N–H and O–H groups in total. The maximum absolute atomic E-state index is 15.8. The Bertz CT molecular complexity index is 2020. The molecule has 15 heteroatoms. The van der Waals surface area contributed by atoms with Gasteiger partial charge in [0, 0.05) is 87.4 Å². The Morgan fingerprint density at radius 1 is 0.891 bits per heavy atom. The summed E-state index contributed by atoms with van der Waals surface area (Å²) in [6, 6.07) is 14.1. The number of rotatable bonds is 6. The van der Waals surface area contributed by atoms with Crippen LogP contribution in [0.2, 0.25) is 0 Å². The van der Waals surface area contributed by atoms with Crippen LogP contribution in [0.3, 0.4) is 0 Å². The molecule has 0 aliphatic carbocycles. The number of carbonyl (C=O) groups is 4. The molecule has 6 aliphatic heterocycles. The van der Waals surface area contributed by atoms with Crippen LogP contribution < -0.4 is 20.4 Å². The number of para-hydroxylation sites is 1. The first kappa shape index (κ1) is 35.4. The maximum Gasteiger partial charge on any atom is 0.255 e. The lowest BCUT2D eigenvalue weighted by Crippen LogP contribution is -2.60. The Hall–Kier alpha value is -5.31. The second-order valence-electron chi connectivity index (χ2n) is 15.8. The second kappa shape index (κ2) is 14.4. The van der Waals surface area contributed by atoms with Crippen LogP contribution in [-0.2, 0) is 20.9 Å². The number of hydrogen-bond acceptors (Lipinski definition) is 11. The van der Waals surface area contributed by atoms with Gasteiger partial charge in [0.1, 0.15) is 18.0 Å². The number of piperidine rings is 3. The number of piperazine rings is 1. The van der Waals surface area contributed by atoms with Crippen molar-refractivity contribution in [2.24, 2.45) is 11.8 Å². The molecule has 1 aromatic heterocycles. The first-order valence-corrected chi connectivity index (χ1v) is 19.5. The Morgan fingerprint density at radius 3 is 2.53 bits per heavy atom. The lowest BCUT2D eigenvalue weighted by molar-refractivity contribution is -0.138. The van der Waals surface area contributed by atoms with Gasteiger partial charge < -0.3 is 34.9 Å². The zero-order valence-electron chi connectivity index (χ0n) is 30.7. The number of phenols is 1. The maximum atomic E-state index is 15.8. The molecule has 6 aliphatic rings. The van der Waals surface area contributed by atoms with Crippen molar-refractivity contribution in [2.45, 2.75) is 56.9 Å². The number of halogens is 1. The zero-order valence-corrected chi connectivity index (χ0v) is 30.7. The van der Waals surface area contributed by atoms with Crippen molar-refractivity contribution in [1.29, 1.82) is 0 Å². The van der Waals surface area contributed by atoms with Crippen LogP contribution in [0.5, 0.6) is 5.75 Å². The molecular weight excluding hydrogens is 705 g/mol. The fourth-order valence-electron chi connectivity index (χ4n) is 9.40. The molecule has 4 amide bonds. The summed E-state index contributed by atoms with van der Waals surface area (Å²) in [5.74, 6) is -0.0458. The number of benzene rings is 2. The van der Waals surface area contributed by atoms with E-state index in [2.05, 4.69) is 30.6 Å². The number of aromatic nitrogens is 2. The summed E-state index contributed by atoms with van der Waals surface area (Å²) >= 11 is 0. The first-order chi connectivity index (χ1) is 26.7. The van der Waals surface area contributed by atoms with Gasteiger partial charge in [0.25, 0.3) is 5.91 Å². The normalized spacial score (nSPS) is 25.9. The number of hydrogen-bond donors (Lipinski definition) is 3. The monoisotopic (exact) mass is 751 g/mol. The summed E-state index contributed by atoms with van der Waals surface area (Å²) in [6.07, 6.45) is 1.71. The van der Waals surface area contributed by atoms with E-state index >= 15 is 4.39 Å². The van der Waals surface area contributed by atoms with Gasteiger partial charge in [0.05, 0.1) is 17.4 Å². The van der Waals surface area contributed by atoms with Gasteiger partial charge in [-0.05, 0) is 74.7 Å². The highest BCUT2D eigenvalue weighted by Gasteiger charge is 2.41. The Labute approximate surface area is 318 Å². The average molecular weight is 752 g/mol. The van der Waals surface area contributed by atoms with Crippen LogP contribution in [0.1, 0.15) is 48.0 Å². The number of nitrogens with zero attached hydrogens (tertiary/aromatic N) is 7. The van der Waals surface area contributed by atoms with E-state index in [1.165, 1.54) is 4.90 Å². The van der Waals surface area contributed by atoms with Gasteiger partial charge in [0.15, 0.2) is 5.82 Å². The van der Waals surface area contributed by atoms with Gasteiger partial charge in [-0.25, -0.2) is 4.39 Å². The van der Waals surface area contributed by atoms with Crippen molar-refractivity contribution >= 4 is 40.8 Å². The van der Waals surface area contributed by atoms with E-state index in [1.54, 1.807) is 12.1 Å². The number of carbonyl (C=O) groups excluding carboxylic acids is 4. The topological polar surface area (TPSA) is 155 Å². The van der Waals surface area contributed by atoms with Gasteiger partial charge in [-0.2, -0.15) is 0 Å². The minimum Gasteiger partial charge on any atom is -0.507 e. The lowest BCUT2D eigenvalue weighted by atomic mass is 9.90. The quantitative estimate of drug-likeness (QED) is 0.319. The van der Waals surface area contributed by atoms with Crippen LogP contribution in [0, 0.1) is 11.8 Å². The number of likely N-dealkylation sites (tertiary alicyclic amines) is 1. The largest absolute Gasteiger partial charge is 0.507 e. The van der Waals surface area contributed by atoms with Crippen LogP contribution >= 0.6 is 0 Å². The van der Waals surface area contributed by atoms with Gasteiger partial charge in [-0.3, -0.25) is 24.5 Å². The Balaban J connectivity index is 0.752. The van der Waals surface area contributed by atoms with Crippen molar-refractivity contribution in [3.05, 3.63) is 59.7 Å². The van der Waals surface area contributed by atoms with E-state index < -0.39 is 18.1 Å². The van der Waals surface area contributed by atoms with Crippen molar-refractivity contribution < 1.29 is 28.7 Å². The van der Waals surface area contributed by atoms with E-state index in [9.17, 15) is 24.3 Å². The summed E-state index contributed by atoms with van der Waals surface area (Å²) in [7, 11) is 0. The molecule has 0 bridgehead atoms. The number of amides is 4. The molecule has 2 aromatic carbocycles. The lowest BCUT2D eigenvalue weighted by Gasteiger charge is -2.47. The molecule has 3 aromatic rings. The van der Waals surface area contributed by atoms with E-state index in [0.717, 1.165) is 42.9 Å². The predicted molar refractivity (Wildman–Crippen MR) is 202 cm³/mol. The summed E-state index contributed by atoms with van der Waals surface area (Å²) in [5, 5.41) is 24.8. The smallest absolute Gasteiger partial charge is 0.255 e. The first-order valence-electron chi connectivity index (χ1n) is 19.5. The minimum absolute atomic E-state index is 0.0402. The summed E-state index contributed by atoms with van der Waals surface area (Å²) in [4.78, 5) is 61.3. The van der Waals surface area contributed by atoms with E-state index in [1.807, 2.05) is 46.2 Å². The second-order valence-corrected chi connectivity index (χ2v) is 15.8. The Morgan fingerprint density at radius 2 is 1.73 bits per heavy atom. The number of imide groups is 1. The number of nitrogens with one attached hydrogen (secondary N) is 2. The molecule has 0 radical (unpaired) electrons. The highest BCUT2D eigenvalue weighted by molar-refractivity contribution is 6.05. The third-order valence-corrected chi connectivity index (χ3v) is 12.5. The SMILES string of the molecule is O=C1CCC(N2Cc3ccc(N4CC[C@H](CN5CCC(C(=O)N6CCN7c8cc(-c9ccccc9O)nnc8NC[C@H]7C6)CC5)[C@@H](F)C4)cc3C2=O)C(=O)N1. The van der Waals surface area contributed by atoms with E-state index in [4.69, 9.17) is 0 Å². The van der Waals surface area contributed by atoms with Gasteiger partial charge in [0.2, 0.25) is 17.7 Å². The Kier molecular flexibility index (Phi) is 9.27. The molecular formula is C40H46FN9O5. The summed E-state index contributed by atoms with van der Waals surface area (Å²) in [6.45, 7) is 6.05. The molecule has 288 valence electrons. The molecule has 55 heavy (non-hydrogen) atoms. The molecule has 9 rings (SSSR count). The third kappa shape index (κ3) is 6.72. The minimum atomic E-state index is -1.02. The molecule has 4 saturated heterocycles.